The molecule has 3 aliphatic heterocycles. The highest BCUT2D eigenvalue weighted by Crippen LogP contribution is 2.40. The smallest absolute Gasteiger partial charge is 0.225 e. The Balaban J connectivity index is 1.72. The fourth-order valence-corrected chi connectivity index (χ4v) is 7.28. The van der Waals surface area contributed by atoms with Crippen LogP contribution in [0.4, 0.5) is 5.95 Å². The van der Waals surface area contributed by atoms with Gasteiger partial charge < -0.3 is 4.90 Å². The van der Waals surface area contributed by atoms with Crippen LogP contribution in [0.25, 0.3) is 0 Å². The predicted octanol–water partition coefficient (Wildman–Crippen LogP) is 0.369. The van der Waals surface area contributed by atoms with Gasteiger partial charge in [0, 0.05) is 43.9 Å². The van der Waals surface area contributed by atoms with Gasteiger partial charge in [-0.25, -0.2) is 31.1 Å². The van der Waals surface area contributed by atoms with Crippen molar-refractivity contribution in [3.05, 3.63) is 17.5 Å². The third-order valence-corrected chi connectivity index (χ3v) is 9.05. The average Bonchev–Trinajstić information content (AvgIpc) is 3.01. The molecule has 0 aliphatic carbocycles. The fourth-order valence-electron chi connectivity index (χ4n) is 4.33. The SMILES string of the molecule is C[C@@H]1CCCN(c2ncc3c(n2)[C@H]2CN(S(C)(=O)=O)C[C@H]2S(=O)(=O)C3)C1. The molecule has 0 N–H and O–H groups in total. The van der Waals surface area contributed by atoms with Gasteiger partial charge in [0.15, 0.2) is 9.84 Å². The van der Waals surface area contributed by atoms with Crippen molar-refractivity contribution < 1.29 is 16.8 Å². The summed E-state index contributed by atoms with van der Waals surface area (Å²) in [5.41, 5.74) is 1.31. The quantitative estimate of drug-likeness (QED) is 0.707. The number of aromatic nitrogens is 2. The topological polar surface area (TPSA) is 101 Å². The Bertz CT molecular complexity index is 932. The number of hydrogen-bond acceptors (Lipinski definition) is 7. The average molecular weight is 401 g/mol. The summed E-state index contributed by atoms with van der Waals surface area (Å²) in [6.45, 7) is 4.17. The summed E-state index contributed by atoms with van der Waals surface area (Å²) in [5, 5.41) is -0.715. The van der Waals surface area contributed by atoms with E-state index in [1.807, 2.05) is 0 Å². The second-order valence-corrected chi connectivity index (χ2v) is 12.0. The standard InChI is InChI=1S/C16H24N4O4S2/c1-11-4-3-5-19(7-11)16-17-6-12-10-26(23,24)14-9-20(25(2,21)22)8-13(14)15(12)18-16/h6,11,13-14H,3-5,7-10H2,1-2H3/t11-,13+,14-/m1/s1. The molecule has 26 heavy (non-hydrogen) atoms. The van der Waals surface area contributed by atoms with Crippen LogP contribution in [-0.4, -0.2) is 68.8 Å². The highest BCUT2D eigenvalue weighted by atomic mass is 32.2. The lowest BCUT2D eigenvalue weighted by Gasteiger charge is -2.32. The van der Waals surface area contributed by atoms with E-state index in [4.69, 9.17) is 4.98 Å². The minimum atomic E-state index is -3.44. The lowest BCUT2D eigenvalue weighted by Crippen LogP contribution is -2.38. The fraction of sp³-hybridized carbons (Fsp3) is 0.750. The molecule has 0 bridgehead atoms. The monoisotopic (exact) mass is 400 g/mol. The maximum absolute atomic E-state index is 12.6. The number of anilines is 1. The first-order valence-corrected chi connectivity index (χ1v) is 12.5. The van der Waals surface area contributed by atoms with E-state index in [9.17, 15) is 16.8 Å². The molecule has 1 aromatic heterocycles. The number of hydrogen-bond donors (Lipinski definition) is 0. The van der Waals surface area contributed by atoms with E-state index >= 15 is 0 Å². The van der Waals surface area contributed by atoms with E-state index in [-0.39, 0.29) is 18.8 Å². The summed E-state index contributed by atoms with van der Waals surface area (Å²) in [4.78, 5) is 11.3. The van der Waals surface area contributed by atoms with Gasteiger partial charge in [0.25, 0.3) is 0 Å². The largest absolute Gasteiger partial charge is 0.341 e. The summed E-state index contributed by atoms with van der Waals surface area (Å²) < 4.78 is 50.4. The molecule has 2 fully saturated rings. The van der Waals surface area contributed by atoms with Crippen LogP contribution >= 0.6 is 0 Å². The van der Waals surface area contributed by atoms with Crippen molar-refractivity contribution in [2.24, 2.45) is 5.92 Å². The molecule has 4 rings (SSSR count). The molecule has 0 amide bonds. The molecule has 2 saturated heterocycles. The molecule has 0 saturated carbocycles. The number of piperidine rings is 1. The van der Waals surface area contributed by atoms with Gasteiger partial charge in [0.2, 0.25) is 16.0 Å². The van der Waals surface area contributed by atoms with Gasteiger partial charge in [-0.3, -0.25) is 0 Å². The molecule has 4 heterocycles. The molecule has 3 atom stereocenters. The van der Waals surface area contributed by atoms with Crippen molar-refractivity contribution in [2.45, 2.75) is 36.7 Å². The minimum Gasteiger partial charge on any atom is -0.341 e. The van der Waals surface area contributed by atoms with Gasteiger partial charge in [-0.15, -0.1) is 0 Å². The lowest BCUT2D eigenvalue weighted by atomic mass is 9.99. The van der Waals surface area contributed by atoms with Crippen LogP contribution in [0, 0.1) is 5.92 Å². The second kappa shape index (κ2) is 6.13. The Kier molecular flexibility index (Phi) is 4.27. The maximum atomic E-state index is 12.6. The molecule has 0 radical (unpaired) electrons. The normalized spacial score (nSPS) is 31.5. The Labute approximate surface area is 154 Å². The summed E-state index contributed by atoms with van der Waals surface area (Å²) in [6, 6.07) is 0. The number of sulfone groups is 1. The van der Waals surface area contributed by atoms with Gasteiger partial charge in [-0.2, -0.15) is 0 Å². The number of rotatable bonds is 2. The van der Waals surface area contributed by atoms with E-state index in [1.54, 1.807) is 6.20 Å². The van der Waals surface area contributed by atoms with Crippen LogP contribution in [0.1, 0.15) is 36.9 Å². The molecule has 3 aliphatic rings. The second-order valence-electron chi connectivity index (χ2n) is 7.81. The Hall–Kier alpha value is -1.26. The molecule has 0 unspecified atom stereocenters. The van der Waals surface area contributed by atoms with Gasteiger partial charge in [-0.05, 0) is 18.8 Å². The van der Waals surface area contributed by atoms with E-state index < -0.39 is 31.0 Å². The number of nitrogens with zero attached hydrogens (tertiary/aromatic N) is 4. The third-order valence-electron chi connectivity index (χ3n) is 5.70. The summed E-state index contributed by atoms with van der Waals surface area (Å²) >= 11 is 0. The molecule has 0 aromatic carbocycles. The van der Waals surface area contributed by atoms with E-state index in [0.717, 1.165) is 25.8 Å². The summed E-state index contributed by atoms with van der Waals surface area (Å²) in [7, 11) is -6.85. The first kappa shape index (κ1) is 18.1. The van der Waals surface area contributed by atoms with Gasteiger partial charge >= 0.3 is 0 Å². The zero-order valence-corrected chi connectivity index (χ0v) is 16.6. The van der Waals surface area contributed by atoms with Crippen LogP contribution in [0.3, 0.4) is 0 Å². The molecular formula is C16H24N4O4S2. The maximum Gasteiger partial charge on any atom is 0.225 e. The van der Waals surface area contributed by atoms with Crippen LogP contribution < -0.4 is 4.90 Å². The molecule has 10 heteroatoms. The predicted molar refractivity (Wildman–Crippen MR) is 98.2 cm³/mol. The van der Waals surface area contributed by atoms with Crippen LogP contribution in [0.2, 0.25) is 0 Å². The number of fused-ring (bicyclic) bond motifs is 3. The number of sulfonamides is 1. The van der Waals surface area contributed by atoms with Crippen LogP contribution in [0.5, 0.6) is 0 Å². The van der Waals surface area contributed by atoms with Crippen molar-refractivity contribution in [1.29, 1.82) is 0 Å². The van der Waals surface area contributed by atoms with Crippen molar-refractivity contribution >= 4 is 25.8 Å². The van der Waals surface area contributed by atoms with Crippen LogP contribution in [-0.2, 0) is 25.6 Å². The highest BCUT2D eigenvalue weighted by Gasteiger charge is 2.49. The molecular weight excluding hydrogens is 376 g/mol. The van der Waals surface area contributed by atoms with E-state index in [2.05, 4.69) is 16.8 Å². The Morgan fingerprint density at radius 3 is 2.69 bits per heavy atom. The van der Waals surface area contributed by atoms with E-state index in [0.29, 0.717) is 23.1 Å². The van der Waals surface area contributed by atoms with Gasteiger partial charge in [0.1, 0.15) is 0 Å². The molecule has 144 valence electrons. The van der Waals surface area contributed by atoms with Gasteiger partial charge in [-0.1, -0.05) is 6.92 Å². The third kappa shape index (κ3) is 3.11. The highest BCUT2D eigenvalue weighted by molar-refractivity contribution is 7.91. The first-order valence-electron chi connectivity index (χ1n) is 8.92. The molecule has 8 nitrogen and oxygen atoms in total. The minimum absolute atomic E-state index is 0.0192. The zero-order valence-electron chi connectivity index (χ0n) is 15.0. The van der Waals surface area contributed by atoms with Crippen LogP contribution in [0.15, 0.2) is 6.20 Å². The molecule has 1 aromatic rings. The zero-order chi connectivity index (χ0) is 18.7. The molecule has 0 spiro atoms. The summed E-state index contributed by atoms with van der Waals surface area (Å²) in [6.07, 6.45) is 5.02. The first-order chi connectivity index (χ1) is 12.1. The lowest BCUT2D eigenvalue weighted by molar-refractivity contribution is 0.441. The Morgan fingerprint density at radius 1 is 1.23 bits per heavy atom. The Morgan fingerprint density at radius 2 is 2.00 bits per heavy atom. The van der Waals surface area contributed by atoms with E-state index in [1.165, 1.54) is 10.7 Å². The van der Waals surface area contributed by atoms with Crippen molar-refractivity contribution in [3.63, 3.8) is 0 Å². The summed E-state index contributed by atoms with van der Waals surface area (Å²) in [5.74, 6) is 0.676. The van der Waals surface area contributed by atoms with Gasteiger partial charge in [0.05, 0.1) is 23.0 Å². The van der Waals surface area contributed by atoms with Crippen molar-refractivity contribution in [1.82, 2.24) is 14.3 Å². The van der Waals surface area contributed by atoms with Crippen molar-refractivity contribution in [2.75, 3.05) is 37.3 Å². The van der Waals surface area contributed by atoms with Crippen molar-refractivity contribution in [3.8, 4) is 0 Å².